The molecule has 0 bridgehead atoms. The summed E-state index contributed by atoms with van der Waals surface area (Å²) in [6.07, 6.45) is 4.98. The van der Waals surface area contributed by atoms with Crippen LogP contribution in [0.5, 0.6) is 5.75 Å². The molecule has 142 valence electrons. The van der Waals surface area contributed by atoms with E-state index in [0.717, 1.165) is 43.4 Å². The zero-order chi connectivity index (χ0) is 17.4. The smallest absolute Gasteiger partial charge is 0.191 e. The molecule has 2 N–H and O–H groups in total. The van der Waals surface area contributed by atoms with Crippen molar-refractivity contribution in [3.63, 3.8) is 0 Å². The van der Waals surface area contributed by atoms with E-state index in [1.165, 1.54) is 24.8 Å². The summed E-state index contributed by atoms with van der Waals surface area (Å²) in [5.74, 6) is 1.77. The summed E-state index contributed by atoms with van der Waals surface area (Å²) >= 11 is 0. The molecule has 1 aliphatic rings. The molecule has 1 aliphatic carbocycles. The number of hydrogen-bond donors (Lipinski definition) is 2. The number of aryl methyl sites for hydroxylation is 1. The molecule has 0 saturated heterocycles. The highest BCUT2D eigenvalue weighted by Gasteiger charge is 2.36. The van der Waals surface area contributed by atoms with Gasteiger partial charge in [-0.1, -0.05) is 18.6 Å². The second-order valence-corrected chi connectivity index (χ2v) is 6.68. The van der Waals surface area contributed by atoms with Gasteiger partial charge in [0.05, 0.1) is 7.11 Å². The summed E-state index contributed by atoms with van der Waals surface area (Å²) in [5.41, 5.74) is 2.70. The molecule has 0 unspecified atom stereocenters. The number of methoxy groups -OCH3 is 2. The molecule has 0 amide bonds. The lowest BCUT2D eigenvalue weighted by Crippen LogP contribution is -2.46. The van der Waals surface area contributed by atoms with Crippen molar-refractivity contribution in [3.05, 3.63) is 29.3 Å². The van der Waals surface area contributed by atoms with Crippen molar-refractivity contribution in [2.75, 3.05) is 34.4 Å². The number of guanidine groups is 1. The van der Waals surface area contributed by atoms with Crippen LogP contribution in [0.2, 0.25) is 0 Å². The molecule has 5 nitrogen and oxygen atoms in total. The van der Waals surface area contributed by atoms with E-state index >= 15 is 0 Å². The van der Waals surface area contributed by atoms with Gasteiger partial charge in [-0.3, -0.25) is 4.99 Å². The van der Waals surface area contributed by atoms with Gasteiger partial charge in [0.1, 0.15) is 5.75 Å². The fourth-order valence-corrected chi connectivity index (χ4v) is 3.16. The van der Waals surface area contributed by atoms with E-state index in [0.29, 0.717) is 5.41 Å². The number of nitrogens with zero attached hydrogens (tertiary/aromatic N) is 1. The number of nitrogens with one attached hydrogen (secondary N) is 2. The Bertz CT molecular complexity index is 560. The number of halogens is 1. The number of ether oxygens (including phenoxy) is 2. The third-order valence-electron chi connectivity index (χ3n) is 5.04. The minimum atomic E-state index is 0. The van der Waals surface area contributed by atoms with Crippen LogP contribution in [0.25, 0.3) is 0 Å². The van der Waals surface area contributed by atoms with Crippen molar-refractivity contribution >= 4 is 29.9 Å². The summed E-state index contributed by atoms with van der Waals surface area (Å²) < 4.78 is 10.6. The van der Waals surface area contributed by atoms with Crippen LogP contribution in [0.4, 0.5) is 0 Å². The van der Waals surface area contributed by atoms with Crippen LogP contribution in [0.3, 0.4) is 0 Å². The van der Waals surface area contributed by atoms with Crippen LogP contribution in [0.15, 0.2) is 23.2 Å². The van der Waals surface area contributed by atoms with Crippen LogP contribution in [0.1, 0.15) is 36.8 Å². The van der Waals surface area contributed by atoms with E-state index in [1.807, 2.05) is 7.05 Å². The van der Waals surface area contributed by atoms with E-state index in [1.54, 1.807) is 14.2 Å². The molecule has 1 aromatic rings. The third kappa shape index (κ3) is 6.33. The highest BCUT2D eigenvalue weighted by atomic mass is 127. The van der Waals surface area contributed by atoms with E-state index < -0.39 is 0 Å². The number of aliphatic imine (C=N–C) groups is 1. The van der Waals surface area contributed by atoms with Crippen molar-refractivity contribution in [2.45, 2.75) is 39.2 Å². The van der Waals surface area contributed by atoms with E-state index in [4.69, 9.17) is 9.47 Å². The van der Waals surface area contributed by atoms with E-state index in [-0.39, 0.29) is 24.0 Å². The molecule has 1 aromatic carbocycles. The van der Waals surface area contributed by atoms with Gasteiger partial charge in [0.2, 0.25) is 0 Å². The normalized spacial score (nSPS) is 15.8. The number of hydrogen-bond acceptors (Lipinski definition) is 3. The van der Waals surface area contributed by atoms with Crippen LogP contribution < -0.4 is 15.4 Å². The molecule has 0 aromatic heterocycles. The van der Waals surface area contributed by atoms with Gasteiger partial charge in [0.25, 0.3) is 0 Å². The van der Waals surface area contributed by atoms with E-state index in [9.17, 15) is 0 Å². The van der Waals surface area contributed by atoms with Crippen molar-refractivity contribution < 1.29 is 9.47 Å². The lowest BCUT2D eigenvalue weighted by molar-refractivity contribution is 0.0732. The highest BCUT2D eigenvalue weighted by Crippen LogP contribution is 2.43. The lowest BCUT2D eigenvalue weighted by Gasteiger charge is -2.42. The molecule has 0 radical (unpaired) electrons. The standard InChI is InChI=1S/C19H31N3O2.HI/c1-15-6-7-16(12-17(15)24-4)13-21-18(20-2)22-14-19(8-5-9-19)10-11-23-3;/h6-7,12H,5,8-11,13-14H2,1-4H3,(H2,20,21,22);1H. The molecule has 1 fully saturated rings. The molecular formula is C19H32IN3O2. The van der Waals surface area contributed by atoms with Gasteiger partial charge in [-0.2, -0.15) is 0 Å². The summed E-state index contributed by atoms with van der Waals surface area (Å²) in [7, 11) is 5.29. The summed E-state index contributed by atoms with van der Waals surface area (Å²) in [4.78, 5) is 4.34. The maximum Gasteiger partial charge on any atom is 0.191 e. The van der Waals surface area contributed by atoms with Gasteiger partial charge in [0, 0.05) is 33.9 Å². The van der Waals surface area contributed by atoms with E-state index in [2.05, 4.69) is 40.7 Å². The monoisotopic (exact) mass is 461 g/mol. The Balaban J connectivity index is 0.00000312. The maximum absolute atomic E-state index is 5.39. The molecule has 0 heterocycles. The Morgan fingerprint density at radius 2 is 2.00 bits per heavy atom. The molecule has 0 spiro atoms. The second kappa shape index (κ2) is 10.9. The number of rotatable bonds is 8. The van der Waals surface area contributed by atoms with Crippen LogP contribution in [-0.2, 0) is 11.3 Å². The lowest BCUT2D eigenvalue weighted by atomic mass is 9.67. The van der Waals surface area contributed by atoms with Crippen molar-refractivity contribution in [1.29, 1.82) is 0 Å². The first-order valence-electron chi connectivity index (χ1n) is 8.69. The molecule has 0 atom stereocenters. The summed E-state index contributed by atoms with van der Waals surface area (Å²) in [6, 6.07) is 6.27. The zero-order valence-electron chi connectivity index (χ0n) is 15.9. The highest BCUT2D eigenvalue weighted by molar-refractivity contribution is 14.0. The predicted molar refractivity (Wildman–Crippen MR) is 114 cm³/mol. The van der Waals surface area contributed by atoms with Gasteiger partial charge < -0.3 is 20.1 Å². The molecular weight excluding hydrogens is 429 g/mol. The first kappa shape index (κ1) is 22.0. The van der Waals surface area contributed by atoms with Crippen molar-refractivity contribution in [3.8, 4) is 5.75 Å². The van der Waals surface area contributed by atoms with Gasteiger partial charge in [-0.15, -0.1) is 24.0 Å². The van der Waals surface area contributed by atoms with Crippen molar-refractivity contribution in [1.82, 2.24) is 10.6 Å². The van der Waals surface area contributed by atoms with Gasteiger partial charge in [-0.05, 0) is 48.8 Å². The topological polar surface area (TPSA) is 54.9 Å². The minimum Gasteiger partial charge on any atom is -0.496 e. The number of benzene rings is 1. The maximum atomic E-state index is 5.39. The Morgan fingerprint density at radius 1 is 1.24 bits per heavy atom. The quantitative estimate of drug-likeness (QED) is 0.354. The summed E-state index contributed by atoms with van der Waals surface area (Å²) in [6.45, 7) is 4.56. The van der Waals surface area contributed by atoms with Crippen molar-refractivity contribution in [2.24, 2.45) is 10.4 Å². The Labute approximate surface area is 169 Å². The van der Waals surface area contributed by atoms with Crippen LogP contribution in [-0.4, -0.2) is 40.4 Å². The first-order chi connectivity index (χ1) is 11.6. The summed E-state index contributed by atoms with van der Waals surface area (Å²) in [5, 5.41) is 6.87. The molecule has 0 aliphatic heterocycles. The largest absolute Gasteiger partial charge is 0.496 e. The van der Waals surface area contributed by atoms with Crippen LogP contribution >= 0.6 is 24.0 Å². The Hall–Kier alpha value is -1.02. The fraction of sp³-hybridized carbons (Fsp3) is 0.632. The Morgan fingerprint density at radius 3 is 2.56 bits per heavy atom. The Kier molecular flexibility index (Phi) is 9.56. The fourth-order valence-electron chi connectivity index (χ4n) is 3.16. The average molecular weight is 461 g/mol. The molecule has 6 heteroatoms. The predicted octanol–water partition coefficient (Wildman–Crippen LogP) is 3.49. The van der Waals surface area contributed by atoms with Crippen LogP contribution in [0, 0.1) is 12.3 Å². The zero-order valence-corrected chi connectivity index (χ0v) is 18.2. The first-order valence-corrected chi connectivity index (χ1v) is 8.69. The molecule has 2 rings (SSSR count). The average Bonchev–Trinajstić information content (AvgIpc) is 2.57. The van der Waals surface area contributed by atoms with Gasteiger partial charge in [-0.25, -0.2) is 0 Å². The van der Waals surface area contributed by atoms with Gasteiger partial charge in [0.15, 0.2) is 5.96 Å². The molecule has 25 heavy (non-hydrogen) atoms. The SMILES string of the molecule is CN=C(NCc1ccc(C)c(OC)c1)NCC1(CCOC)CCC1.I. The minimum absolute atomic E-state index is 0. The second-order valence-electron chi connectivity index (χ2n) is 6.68. The van der Waals surface area contributed by atoms with Gasteiger partial charge >= 0.3 is 0 Å². The molecule has 1 saturated carbocycles. The third-order valence-corrected chi connectivity index (χ3v) is 5.04.